The third-order valence-electron chi connectivity index (χ3n) is 3.19. The summed E-state index contributed by atoms with van der Waals surface area (Å²) in [5.74, 6) is 0.676. The van der Waals surface area contributed by atoms with Crippen LogP contribution in [0.5, 0.6) is 5.75 Å². The zero-order chi connectivity index (χ0) is 15.4. The predicted octanol–water partition coefficient (Wildman–Crippen LogP) is 1.23. The fourth-order valence-electron chi connectivity index (χ4n) is 2.12. The first-order valence-corrected chi connectivity index (χ1v) is 6.90. The molecule has 1 atom stereocenters. The number of aliphatic hydroxyl groups is 1. The molecule has 112 valence electrons. The van der Waals surface area contributed by atoms with Gasteiger partial charge in [-0.3, -0.25) is 9.36 Å². The van der Waals surface area contributed by atoms with Crippen LogP contribution in [0.3, 0.4) is 0 Å². The van der Waals surface area contributed by atoms with Crippen molar-refractivity contribution >= 4 is 11.0 Å². The van der Waals surface area contributed by atoms with Crippen LogP contribution in [-0.2, 0) is 6.54 Å². The summed E-state index contributed by atoms with van der Waals surface area (Å²) < 4.78 is 6.83. The van der Waals surface area contributed by atoms with Crippen molar-refractivity contribution in [2.45, 2.75) is 12.6 Å². The SMILES string of the molecule is O=c1c2cccnc2ncn1CC(O)COc1ccccc1. The van der Waals surface area contributed by atoms with Crippen LogP contribution >= 0.6 is 0 Å². The van der Waals surface area contributed by atoms with Crippen LogP contribution in [0.15, 0.2) is 59.8 Å². The van der Waals surface area contributed by atoms with E-state index in [0.29, 0.717) is 16.8 Å². The van der Waals surface area contributed by atoms with E-state index in [2.05, 4.69) is 9.97 Å². The van der Waals surface area contributed by atoms with Gasteiger partial charge >= 0.3 is 0 Å². The molecule has 2 heterocycles. The summed E-state index contributed by atoms with van der Waals surface area (Å²) in [6.07, 6.45) is 2.17. The molecule has 0 bridgehead atoms. The van der Waals surface area contributed by atoms with Gasteiger partial charge in [0.05, 0.1) is 11.9 Å². The van der Waals surface area contributed by atoms with E-state index in [9.17, 15) is 9.90 Å². The Bertz CT molecular complexity index is 817. The van der Waals surface area contributed by atoms with Crippen molar-refractivity contribution < 1.29 is 9.84 Å². The Balaban J connectivity index is 1.70. The van der Waals surface area contributed by atoms with E-state index in [1.165, 1.54) is 10.9 Å². The number of benzene rings is 1. The van der Waals surface area contributed by atoms with E-state index >= 15 is 0 Å². The molecule has 6 heteroatoms. The van der Waals surface area contributed by atoms with Gasteiger partial charge in [0.2, 0.25) is 0 Å². The Labute approximate surface area is 126 Å². The number of rotatable bonds is 5. The Morgan fingerprint density at radius 3 is 2.77 bits per heavy atom. The number of hydrogen-bond acceptors (Lipinski definition) is 5. The Morgan fingerprint density at radius 1 is 1.14 bits per heavy atom. The van der Waals surface area contributed by atoms with Gasteiger partial charge in [0.15, 0.2) is 5.65 Å². The van der Waals surface area contributed by atoms with Crippen LogP contribution in [0, 0.1) is 0 Å². The predicted molar refractivity (Wildman–Crippen MR) is 81.7 cm³/mol. The summed E-state index contributed by atoms with van der Waals surface area (Å²) in [5, 5.41) is 10.5. The Kier molecular flexibility index (Phi) is 4.11. The number of pyridine rings is 1. The summed E-state index contributed by atoms with van der Waals surface area (Å²) >= 11 is 0. The van der Waals surface area contributed by atoms with Crippen molar-refractivity contribution in [3.05, 3.63) is 65.3 Å². The molecule has 0 aliphatic heterocycles. The van der Waals surface area contributed by atoms with E-state index in [1.807, 2.05) is 30.3 Å². The fraction of sp³-hybridized carbons (Fsp3) is 0.188. The number of nitrogens with zero attached hydrogens (tertiary/aromatic N) is 3. The van der Waals surface area contributed by atoms with Crippen LogP contribution in [0.2, 0.25) is 0 Å². The molecule has 3 aromatic rings. The van der Waals surface area contributed by atoms with Crippen molar-refractivity contribution in [1.29, 1.82) is 0 Å². The standard InChI is InChI=1S/C16H15N3O3/c20-12(10-22-13-5-2-1-3-6-13)9-19-11-18-15-14(16(19)21)7-4-8-17-15/h1-8,11-12,20H,9-10H2. The summed E-state index contributed by atoms with van der Waals surface area (Å²) in [6, 6.07) is 12.6. The first kappa shape index (κ1) is 14.2. The summed E-state index contributed by atoms with van der Waals surface area (Å²) in [6.45, 7) is 0.213. The van der Waals surface area contributed by atoms with Crippen molar-refractivity contribution in [3.63, 3.8) is 0 Å². The van der Waals surface area contributed by atoms with Crippen LogP contribution in [0.4, 0.5) is 0 Å². The highest BCUT2D eigenvalue weighted by atomic mass is 16.5. The molecule has 22 heavy (non-hydrogen) atoms. The average Bonchev–Trinajstić information content (AvgIpc) is 2.57. The maximum absolute atomic E-state index is 12.3. The minimum absolute atomic E-state index is 0.0987. The molecule has 3 rings (SSSR count). The van der Waals surface area contributed by atoms with E-state index in [4.69, 9.17) is 4.74 Å². The molecule has 0 aliphatic carbocycles. The molecule has 0 radical (unpaired) electrons. The quantitative estimate of drug-likeness (QED) is 0.766. The zero-order valence-electron chi connectivity index (χ0n) is 11.8. The molecule has 2 aromatic heterocycles. The number of para-hydroxylation sites is 1. The molecule has 6 nitrogen and oxygen atoms in total. The van der Waals surface area contributed by atoms with Crippen molar-refractivity contribution in [1.82, 2.24) is 14.5 Å². The van der Waals surface area contributed by atoms with Gasteiger partial charge in [-0.15, -0.1) is 0 Å². The summed E-state index contributed by atoms with van der Waals surface area (Å²) in [4.78, 5) is 20.4. The van der Waals surface area contributed by atoms with Crippen LogP contribution in [0.1, 0.15) is 0 Å². The van der Waals surface area contributed by atoms with Crippen molar-refractivity contribution in [2.75, 3.05) is 6.61 Å². The van der Waals surface area contributed by atoms with E-state index < -0.39 is 6.10 Å². The first-order valence-electron chi connectivity index (χ1n) is 6.90. The van der Waals surface area contributed by atoms with Gasteiger partial charge < -0.3 is 9.84 Å². The topological polar surface area (TPSA) is 77.2 Å². The molecule has 0 spiro atoms. The van der Waals surface area contributed by atoms with Gasteiger partial charge in [0, 0.05) is 6.20 Å². The van der Waals surface area contributed by atoms with E-state index in [0.717, 1.165) is 0 Å². The normalized spacial score (nSPS) is 12.2. The number of fused-ring (bicyclic) bond motifs is 1. The molecule has 0 aliphatic rings. The minimum atomic E-state index is -0.811. The lowest BCUT2D eigenvalue weighted by atomic mass is 10.3. The third kappa shape index (κ3) is 3.12. The molecule has 1 unspecified atom stereocenters. The monoisotopic (exact) mass is 297 g/mol. The number of aromatic nitrogens is 3. The summed E-state index contributed by atoms with van der Waals surface area (Å²) in [7, 11) is 0. The first-order chi connectivity index (χ1) is 10.7. The van der Waals surface area contributed by atoms with Gasteiger partial charge in [-0.25, -0.2) is 9.97 Å². The lowest BCUT2D eigenvalue weighted by Crippen LogP contribution is -2.30. The highest BCUT2D eigenvalue weighted by molar-refractivity contribution is 5.72. The Hall–Kier alpha value is -2.73. The smallest absolute Gasteiger partial charge is 0.262 e. The van der Waals surface area contributed by atoms with Crippen LogP contribution < -0.4 is 10.3 Å². The lowest BCUT2D eigenvalue weighted by molar-refractivity contribution is 0.0915. The molecule has 0 fully saturated rings. The third-order valence-corrected chi connectivity index (χ3v) is 3.19. The maximum atomic E-state index is 12.3. The van der Waals surface area contributed by atoms with Crippen molar-refractivity contribution in [2.24, 2.45) is 0 Å². The number of aliphatic hydroxyl groups excluding tert-OH is 1. The van der Waals surface area contributed by atoms with E-state index in [1.54, 1.807) is 18.3 Å². The average molecular weight is 297 g/mol. The molecular formula is C16H15N3O3. The molecule has 0 saturated carbocycles. The zero-order valence-corrected chi connectivity index (χ0v) is 11.8. The highest BCUT2D eigenvalue weighted by Gasteiger charge is 2.10. The molecular weight excluding hydrogens is 282 g/mol. The van der Waals surface area contributed by atoms with Crippen molar-refractivity contribution in [3.8, 4) is 5.75 Å². The summed E-state index contributed by atoms with van der Waals surface area (Å²) in [5.41, 5.74) is 0.177. The molecule has 0 amide bonds. The van der Waals surface area contributed by atoms with Gasteiger partial charge in [-0.2, -0.15) is 0 Å². The van der Waals surface area contributed by atoms with Gasteiger partial charge in [-0.1, -0.05) is 18.2 Å². The lowest BCUT2D eigenvalue weighted by Gasteiger charge is -2.13. The molecule has 1 aromatic carbocycles. The second-order valence-electron chi connectivity index (χ2n) is 4.85. The number of hydrogen-bond donors (Lipinski definition) is 1. The van der Waals surface area contributed by atoms with Gasteiger partial charge in [0.1, 0.15) is 24.8 Å². The van der Waals surface area contributed by atoms with Gasteiger partial charge in [-0.05, 0) is 24.3 Å². The maximum Gasteiger partial charge on any atom is 0.262 e. The molecule has 1 N–H and O–H groups in total. The largest absolute Gasteiger partial charge is 0.491 e. The highest BCUT2D eigenvalue weighted by Crippen LogP contribution is 2.09. The fourth-order valence-corrected chi connectivity index (χ4v) is 2.12. The van der Waals surface area contributed by atoms with Crippen LogP contribution in [0.25, 0.3) is 11.0 Å². The Morgan fingerprint density at radius 2 is 1.95 bits per heavy atom. The second-order valence-corrected chi connectivity index (χ2v) is 4.85. The van der Waals surface area contributed by atoms with Crippen LogP contribution in [-0.4, -0.2) is 32.4 Å². The van der Waals surface area contributed by atoms with Gasteiger partial charge in [0.25, 0.3) is 5.56 Å². The minimum Gasteiger partial charge on any atom is -0.491 e. The molecule has 0 saturated heterocycles. The number of ether oxygens (including phenoxy) is 1. The second kappa shape index (κ2) is 6.36. The van der Waals surface area contributed by atoms with E-state index in [-0.39, 0.29) is 18.7 Å².